The Labute approximate surface area is 110 Å². The lowest BCUT2D eigenvalue weighted by molar-refractivity contribution is -0.148. The van der Waals surface area contributed by atoms with Gasteiger partial charge in [-0.15, -0.1) is 0 Å². The van der Waals surface area contributed by atoms with Crippen molar-refractivity contribution < 1.29 is 9.53 Å². The van der Waals surface area contributed by atoms with Gasteiger partial charge in [0.05, 0.1) is 7.11 Å². The Bertz CT molecular complexity index is 265. The number of esters is 1. The van der Waals surface area contributed by atoms with Gasteiger partial charge in [0, 0.05) is 32.7 Å². The number of rotatable bonds is 6. The fourth-order valence-electron chi connectivity index (χ4n) is 2.41. The summed E-state index contributed by atoms with van der Waals surface area (Å²) in [5.74, 6) is -0.194. The molecular formula is C13H27N3O2. The van der Waals surface area contributed by atoms with Gasteiger partial charge in [0.2, 0.25) is 0 Å². The van der Waals surface area contributed by atoms with E-state index in [4.69, 9.17) is 4.74 Å². The van der Waals surface area contributed by atoms with Crippen LogP contribution in [-0.2, 0) is 9.53 Å². The minimum absolute atomic E-state index is 0.194. The van der Waals surface area contributed by atoms with Crippen molar-refractivity contribution in [3.05, 3.63) is 0 Å². The van der Waals surface area contributed by atoms with Gasteiger partial charge in [-0.2, -0.15) is 0 Å². The molecule has 0 radical (unpaired) electrons. The standard InChI is InChI=1S/C13H27N3O2/c1-5-6-15-7-9-16(10-8-15)11-13(2,14-3)12(17)18-4/h14H,5-11H2,1-4H3. The number of nitrogens with zero attached hydrogens (tertiary/aromatic N) is 2. The summed E-state index contributed by atoms with van der Waals surface area (Å²) in [5, 5.41) is 3.08. The highest BCUT2D eigenvalue weighted by Crippen LogP contribution is 2.11. The quantitative estimate of drug-likeness (QED) is 0.687. The van der Waals surface area contributed by atoms with E-state index < -0.39 is 5.54 Å². The molecule has 0 saturated carbocycles. The second kappa shape index (κ2) is 7.07. The third-order valence-corrected chi connectivity index (χ3v) is 3.73. The molecule has 5 nitrogen and oxygen atoms in total. The Morgan fingerprint density at radius 1 is 1.28 bits per heavy atom. The molecule has 106 valence electrons. The van der Waals surface area contributed by atoms with Crippen molar-refractivity contribution in [3.8, 4) is 0 Å². The van der Waals surface area contributed by atoms with Crippen LogP contribution in [0, 0.1) is 0 Å². The molecule has 0 amide bonds. The van der Waals surface area contributed by atoms with Gasteiger partial charge in [0.15, 0.2) is 0 Å². The van der Waals surface area contributed by atoms with Crippen LogP contribution in [0.2, 0.25) is 0 Å². The molecule has 1 fully saturated rings. The molecule has 0 aromatic rings. The summed E-state index contributed by atoms with van der Waals surface area (Å²) in [4.78, 5) is 16.6. The number of nitrogens with one attached hydrogen (secondary N) is 1. The Kier molecular flexibility index (Phi) is 6.05. The number of hydrogen-bond donors (Lipinski definition) is 1. The zero-order valence-electron chi connectivity index (χ0n) is 12.2. The van der Waals surface area contributed by atoms with Crippen molar-refractivity contribution in [2.24, 2.45) is 0 Å². The first kappa shape index (κ1) is 15.4. The molecule has 1 aliphatic rings. The first-order valence-electron chi connectivity index (χ1n) is 6.77. The number of carbonyl (C=O) groups is 1. The Morgan fingerprint density at radius 3 is 2.28 bits per heavy atom. The number of piperazine rings is 1. The van der Waals surface area contributed by atoms with E-state index in [1.807, 2.05) is 14.0 Å². The molecule has 0 bridgehead atoms. The summed E-state index contributed by atoms with van der Waals surface area (Å²) in [7, 11) is 3.25. The van der Waals surface area contributed by atoms with E-state index in [1.165, 1.54) is 20.1 Å². The number of carbonyl (C=O) groups excluding carboxylic acids is 1. The monoisotopic (exact) mass is 257 g/mol. The Hall–Kier alpha value is -0.650. The molecule has 0 aromatic carbocycles. The molecule has 0 spiro atoms. The van der Waals surface area contributed by atoms with Crippen LogP contribution < -0.4 is 5.32 Å². The second-order valence-corrected chi connectivity index (χ2v) is 5.19. The van der Waals surface area contributed by atoms with Crippen molar-refractivity contribution in [1.29, 1.82) is 0 Å². The summed E-state index contributed by atoms with van der Waals surface area (Å²) in [6.07, 6.45) is 1.20. The average Bonchev–Trinajstić information content (AvgIpc) is 2.40. The topological polar surface area (TPSA) is 44.8 Å². The number of methoxy groups -OCH3 is 1. The molecule has 1 aliphatic heterocycles. The van der Waals surface area contributed by atoms with Gasteiger partial charge < -0.3 is 15.0 Å². The maximum absolute atomic E-state index is 11.8. The maximum Gasteiger partial charge on any atom is 0.327 e. The molecule has 1 rings (SSSR count). The van der Waals surface area contributed by atoms with Crippen LogP contribution in [0.3, 0.4) is 0 Å². The van der Waals surface area contributed by atoms with Gasteiger partial charge >= 0.3 is 5.97 Å². The van der Waals surface area contributed by atoms with Crippen molar-refractivity contribution in [2.75, 3.05) is 53.4 Å². The summed E-state index contributed by atoms with van der Waals surface area (Å²) in [6, 6.07) is 0. The molecule has 1 atom stereocenters. The summed E-state index contributed by atoms with van der Waals surface area (Å²) in [5.41, 5.74) is -0.609. The summed E-state index contributed by atoms with van der Waals surface area (Å²) >= 11 is 0. The first-order chi connectivity index (χ1) is 8.55. The van der Waals surface area contributed by atoms with Crippen molar-refractivity contribution >= 4 is 5.97 Å². The van der Waals surface area contributed by atoms with E-state index in [2.05, 4.69) is 22.0 Å². The summed E-state index contributed by atoms with van der Waals surface area (Å²) in [6.45, 7) is 10.2. The molecule has 0 aliphatic carbocycles. The zero-order chi connectivity index (χ0) is 13.6. The highest BCUT2D eigenvalue weighted by Gasteiger charge is 2.35. The zero-order valence-corrected chi connectivity index (χ0v) is 12.2. The molecule has 1 unspecified atom stereocenters. The fraction of sp³-hybridized carbons (Fsp3) is 0.923. The van der Waals surface area contributed by atoms with Crippen molar-refractivity contribution in [3.63, 3.8) is 0 Å². The van der Waals surface area contributed by atoms with Gasteiger partial charge in [-0.05, 0) is 26.9 Å². The van der Waals surface area contributed by atoms with Crippen LogP contribution in [0.1, 0.15) is 20.3 Å². The largest absolute Gasteiger partial charge is 0.468 e. The fourth-order valence-corrected chi connectivity index (χ4v) is 2.41. The molecule has 0 aromatic heterocycles. The smallest absolute Gasteiger partial charge is 0.327 e. The molecule has 1 N–H and O–H groups in total. The van der Waals surface area contributed by atoms with Crippen molar-refractivity contribution in [1.82, 2.24) is 15.1 Å². The number of hydrogen-bond acceptors (Lipinski definition) is 5. The Morgan fingerprint density at radius 2 is 1.83 bits per heavy atom. The van der Waals surface area contributed by atoms with E-state index in [0.29, 0.717) is 6.54 Å². The second-order valence-electron chi connectivity index (χ2n) is 5.19. The third kappa shape index (κ3) is 3.93. The molecule has 1 saturated heterocycles. The Balaban J connectivity index is 2.45. The summed E-state index contributed by atoms with van der Waals surface area (Å²) < 4.78 is 4.87. The van der Waals surface area contributed by atoms with E-state index in [-0.39, 0.29) is 5.97 Å². The SMILES string of the molecule is CCCN1CCN(CC(C)(NC)C(=O)OC)CC1. The lowest BCUT2D eigenvalue weighted by Gasteiger charge is -2.38. The highest BCUT2D eigenvalue weighted by atomic mass is 16.5. The van der Waals surface area contributed by atoms with Gasteiger partial charge in [0.1, 0.15) is 5.54 Å². The molecule has 1 heterocycles. The third-order valence-electron chi connectivity index (χ3n) is 3.73. The minimum atomic E-state index is -0.609. The normalized spacial score (nSPS) is 21.6. The predicted octanol–water partition coefficient (Wildman–Crippen LogP) is 0.165. The van der Waals surface area contributed by atoms with Crippen molar-refractivity contribution in [2.45, 2.75) is 25.8 Å². The van der Waals surface area contributed by atoms with Gasteiger partial charge in [0.25, 0.3) is 0 Å². The van der Waals surface area contributed by atoms with Crippen LogP contribution in [0.5, 0.6) is 0 Å². The van der Waals surface area contributed by atoms with E-state index >= 15 is 0 Å². The van der Waals surface area contributed by atoms with E-state index in [9.17, 15) is 4.79 Å². The van der Waals surface area contributed by atoms with Crippen LogP contribution in [0.25, 0.3) is 0 Å². The lowest BCUT2D eigenvalue weighted by atomic mass is 10.0. The molecule has 5 heteroatoms. The number of likely N-dealkylation sites (N-methyl/N-ethyl adjacent to an activating group) is 1. The van der Waals surface area contributed by atoms with Crippen LogP contribution in [-0.4, -0.2) is 74.7 Å². The predicted molar refractivity (Wildman–Crippen MR) is 72.7 cm³/mol. The van der Waals surface area contributed by atoms with Crippen LogP contribution >= 0.6 is 0 Å². The van der Waals surface area contributed by atoms with Gasteiger partial charge in [-0.25, -0.2) is 0 Å². The lowest BCUT2D eigenvalue weighted by Crippen LogP contribution is -2.59. The maximum atomic E-state index is 11.8. The van der Waals surface area contributed by atoms with E-state index in [1.54, 1.807) is 0 Å². The average molecular weight is 257 g/mol. The van der Waals surface area contributed by atoms with Gasteiger partial charge in [-0.1, -0.05) is 6.92 Å². The highest BCUT2D eigenvalue weighted by molar-refractivity contribution is 5.80. The minimum Gasteiger partial charge on any atom is -0.468 e. The van der Waals surface area contributed by atoms with Crippen LogP contribution in [0.4, 0.5) is 0 Å². The first-order valence-corrected chi connectivity index (χ1v) is 6.77. The number of ether oxygens (including phenoxy) is 1. The van der Waals surface area contributed by atoms with E-state index in [0.717, 1.165) is 26.2 Å². The molecular weight excluding hydrogens is 230 g/mol. The van der Waals surface area contributed by atoms with Gasteiger partial charge in [-0.3, -0.25) is 9.69 Å². The van der Waals surface area contributed by atoms with Crippen LogP contribution in [0.15, 0.2) is 0 Å². The molecule has 18 heavy (non-hydrogen) atoms.